The summed E-state index contributed by atoms with van der Waals surface area (Å²) in [6, 6.07) is 17.3. The van der Waals surface area contributed by atoms with Crippen LogP contribution in [0.15, 0.2) is 48.5 Å². The second-order valence-electron chi connectivity index (χ2n) is 4.73. The van der Waals surface area contributed by atoms with Gasteiger partial charge in [-0.05, 0) is 18.2 Å². The predicted octanol–water partition coefficient (Wildman–Crippen LogP) is 3.79. The quantitative estimate of drug-likeness (QED) is 0.736. The number of nitriles is 1. The molecule has 2 aromatic carbocycles. The Labute approximate surface area is 128 Å². The van der Waals surface area contributed by atoms with Crippen LogP contribution in [0.25, 0.3) is 22.2 Å². The molecule has 0 aliphatic carbocycles. The Balaban J connectivity index is 2.38. The maximum absolute atomic E-state index is 9.47. The summed E-state index contributed by atoms with van der Waals surface area (Å²) in [5, 5.41) is 10.2. The topological polar surface area (TPSA) is 55.1 Å². The van der Waals surface area contributed by atoms with Crippen LogP contribution >= 0.6 is 0 Å². The fraction of sp³-hybridized carbons (Fsp3) is 0.111. The maximum Gasteiger partial charge on any atom is 0.145 e. The molecule has 0 aliphatic heterocycles. The number of hydrogen-bond donors (Lipinski definition) is 0. The van der Waals surface area contributed by atoms with Gasteiger partial charge in [0.2, 0.25) is 0 Å². The Morgan fingerprint density at radius 2 is 1.64 bits per heavy atom. The van der Waals surface area contributed by atoms with Gasteiger partial charge in [-0.25, -0.2) is 4.98 Å². The molecule has 0 saturated carbocycles. The molecule has 3 rings (SSSR count). The summed E-state index contributed by atoms with van der Waals surface area (Å²) in [5.74, 6) is 1.32. The van der Waals surface area contributed by atoms with Gasteiger partial charge in [0, 0.05) is 10.9 Å². The Kier molecular flexibility index (Phi) is 3.63. The fourth-order valence-electron chi connectivity index (χ4n) is 2.45. The van der Waals surface area contributed by atoms with Crippen molar-refractivity contribution in [2.45, 2.75) is 0 Å². The van der Waals surface area contributed by atoms with E-state index in [0.717, 1.165) is 10.9 Å². The first-order valence-electron chi connectivity index (χ1n) is 6.79. The van der Waals surface area contributed by atoms with Gasteiger partial charge in [-0.2, -0.15) is 5.26 Å². The van der Waals surface area contributed by atoms with Gasteiger partial charge >= 0.3 is 0 Å². The third-order valence-electron chi connectivity index (χ3n) is 3.51. The molecule has 0 N–H and O–H groups in total. The van der Waals surface area contributed by atoms with Crippen LogP contribution in [-0.4, -0.2) is 19.2 Å². The molecule has 22 heavy (non-hydrogen) atoms. The summed E-state index contributed by atoms with van der Waals surface area (Å²) in [7, 11) is 3.20. The van der Waals surface area contributed by atoms with E-state index in [2.05, 4.69) is 11.1 Å². The highest BCUT2D eigenvalue weighted by Gasteiger charge is 2.14. The zero-order chi connectivity index (χ0) is 15.5. The lowest BCUT2D eigenvalue weighted by molar-refractivity contribution is 0.410. The highest BCUT2D eigenvalue weighted by molar-refractivity contribution is 5.93. The van der Waals surface area contributed by atoms with Crippen molar-refractivity contribution in [1.29, 1.82) is 5.26 Å². The first kappa shape index (κ1) is 13.9. The minimum absolute atomic E-state index is 0.505. The van der Waals surface area contributed by atoms with Gasteiger partial charge in [0.15, 0.2) is 0 Å². The number of benzene rings is 2. The number of hydrogen-bond acceptors (Lipinski definition) is 4. The van der Waals surface area contributed by atoms with Crippen molar-refractivity contribution in [3.05, 3.63) is 54.1 Å². The van der Waals surface area contributed by atoms with Crippen LogP contribution in [0.2, 0.25) is 0 Å². The van der Waals surface area contributed by atoms with Crippen molar-refractivity contribution >= 4 is 10.9 Å². The van der Waals surface area contributed by atoms with Crippen molar-refractivity contribution in [3.8, 4) is 28.8 Å². The molecule has 4 heteroatoms. The summed E-state index contributed by atoms with van der Waals surface area (Å²) in [5.41, 5.74) is 2.72. The SMILES string of the molecule is COc1ccc(OC)c2nc(-c3ccccc3)c(C#N)cc12. The van der Waals surface area contributed by atoms with Crippen LogP contribution in [0.5, 0.6) is 11.5 Å². The number of ether oxygens (including phenoxy) is 2. The van der Waals surface area contributed by atoms with Crippen LogP contribution in [0.1, 0.15) is 5.56 Å². The van der Waals surface area contributed by atoms with E-state index in [1.807, 2.05) is 42.5 Å². The number of rotatable bonds is 3. The number of aromatic nitrogens is 1. The molecular formula is C18H14N2O2. The van der Waals surface area contributed by atoms with E-state index in [0.29, 0.717) is 28.3 Å². The summed E-state index contributed by atoms with van der Waals surface area (Å²) in [6.07, 6.45) is 0. The monoisotopic (exact) mass is 290 g/mol. The van der Waals surface area contributed by atoms with Gasteiger partial charge in [0.25, 0.3) is 0 Å². The third kappa shape index (κ3) is 2.23. The molecule has 1 aromatic heterocycles. The minimum atomic E-state index is 0.505. The molecule has 0 saturated heterocycles. The van der Waals surface area contributed by atoms with Crippen LogP contribution in [0.3, 0.4) is 0 Å². The number of nitrogens with zero attached hydrogens (tertiary/aromatic N) is 2. The lowest BCUT2D eigenvalue weighted by atomic mass is 10.0. The van der Waals surface area contributed by atoms with E-state index in [1.54, 1.807) is 20.3 Å². The molecule has 108 valence electrons. The van der Waals surface area contributed by atoms with Gasteiger partial charge in [-0.3, -0.25) is 0 Å². The van der Waals surface area contributed by atoms with E-state index in [9.17, 15) is 5.26 Å². The smallest absolute Gasteiger partial charge is 0.145 e. The first-order valence-corrected chi connectivity index (χ1v) is 6.79. The van der Waals surface area contributed by atoms with E-state index in [-0.39, 0.29) is 0 Å². The van der Waals surface area contributed by atoms with E-state index < -0.39 is 0 Å². The molecule has 0 radical (unpaired) electrons. The predicted molar refractivity (Wildman–Crippen MR) is 85.0 cm³/mol. The van der Waals surface area contributed by atoms with Gasteiger partial charge < -0.3 is 9.47 Å². The normalized spacial score (nSPS) is 10.2. The van der Waals surface area contributed by atoms with Crippen molar-refractivity contribution in [2.24, 2.45) is 0 Å². The van der Waals surface area contributed by atoms with Crippen molar-refractivity contribution in [2.75, 3.05) is 14.2 Å². The summed E-state index contributed by atoms with van der Waals surface area (Å²) >= 11 is 0. The standard InChI is InChI=1S/C18H14N2O2/c1-21-15-8-9-16(22-2)18-14(15)10-13(11-19)17(20-18)12-6-4-3-5-7-12/h3-10H,1-2H3. The molecule has 0 unspecified atom stereocenters. The minimum Gasteiger partial charge on any atom is -0.496 e. The largest absolute Gasteiger partial charge is 0.496 e. The van der Waals surface area contributed by atoms with Crippen LogP contribution in [-0.2, 0) is 0 Å². The van der Waals surface area contributed by atoms with Crippen molar-refractivity contribution < 1.29 is 9.47 Å². The van der Waals surface area contributed by atoms with Crippen LogP contribution in [0, 0.1) is 11.3 Å². The van der Waals surface area contributed by atoms with Gasteiger partial charge in [-0.1, -0.05) is 30.3 Å². The average molecular weight is 290 g/mol. The number of fused-ring (bicyclic) bond motifs is 1. The molecule has 0 spiro atoms. The Bertz CT molecular complexity index is 868. The molecule has 4 nitrogen and oxygen atoms in total. The molecular weight excluding hydrogens is 276 g/mol. The van der Waals surface area contributed by atoms with Gasteiger partial charge in [-0.15, -0.1) is 0 Å². The molecule has 3 aromatic rings. The average Bonchev–Trinajstić information content (AvgIpc) is 2.60. The third-order valence-corrected chi connectivity index (χ3v) is 3.51. The molecule has 0 amide bonds. The Morgan fingerprint density at radius 3 is 2.27 bits per heavy atom. The summed E-state index contributed by atoms with van der Waals surface area (Å²) < 4.78 is 10.8. The second kappa shape index (κ2) is 5.74. The van der Waals surface area contributed by atoms with E-state index >= 15 is 0 Å². The fourth-order valence-corrected chi connectivity index (χ4v) is 2.45. The van der Waals surface area contributed by atoms with E-state index in [1.165, 1.54) is 0 Å². The molecule has 0 bridgehead atoms. The highest BCUT2D eigenvalue weighted by Crippen LogP contribution is 2.35. The van der Waals surface area contributed by atoms with Crippen molar-refractivity contribution in [3.63, 3.8) is 0 Å². The van der Waals surface area contributed by atoms with Crippen molar-refractivity contribution in [1.82, 2.24) is 4.98 Å². The summed E-state index contributed by atoms with van der Waals surface area (Å²) in [6.45, 7) is 0. The molecule has 0 aliphatic rings. The summed E-state index contributed by atoms with van der Waals surface area (Å²) in [4.78, 5) is 4.67. The zero-order valence-electron chi connectivity index (χ0n) is 12.3. The van der Waals surface area contributed by atoms with Gasteiger partial charge in [0.05, 0.1) is 25.5 Å². The lowest BCUT2D eigenvalue weighted by Crippen LogP contribution is -1.96. The van der Waals surface area contributed by atoms with Gasteiger partial charge in [0.1, 0.15) is 23.1 Å². The molecule has 0 atom stereocenters. The van der Waals surface area contributed by atoms with Crippen LogP contribution < -0.4 is 9.47 Å². The Morgan fingerprint density at radius 1 is 0.955 bits per heavy atom. The van der Waals surface area contributed by atoms with Crippen LogP contribution in [0.4, 0.5) is 0 Å². The highest BCUT2D eigenvalue weighted by atomic mass is 16.5. The number of pyridine rings is 1. The molecule has 0 fully saturated rings. The first-order chi connectivity index (χ1) is 10.8. The Hall–Kier alpha value is -3.06. The number of methoxy groups -OCH3 is 2. The maximum atomic E-state index is 9.47. The zero-order valence-corrected chi connectivity index (χ0v) is 12.3. The molecule has 1 heterocycles. The lowest BCUT2D eigenvalue weighted by Gasteiger charge is -2.12. The second-order valence-corrected chi connectivity index (χ2v) is 4.73. The van der Waals surface area contributed by atoms with E-state index in [4.69, 9.17) is 9.47 Å².